The molecule has 0 radical (unpaired) electrons. The van der Waals surface area contributed by atoms with Crippen molar-refractivity contribution < 1.29 is 9.53 Å². The van der Waals surface area contributed by atoms with Gasteiger partial charge < -0.3 is 10.1 Å². The van der Waals surface area contributed by atoms with Crippen molar-refractivity contribution >= 4 is 17.4 Å². The smallest absolute Gasteiger partial charge is 0.265 e. The lowest BCUT2D eigenvalue weighted by Gasteiger charge is -2.12. The predicted octanol–water partition coefficient (Wildman–Crippen LogP) is 3.13. The summed E-state index contributed by atoms with van der Waals surface area (Å²) in [5.41, 5.74) is 1.47. The van der Waals surface area contributed by atoms with Crippen LogP contribution in [0.2, 0.25) is 0 Å². The summed E-state index contributed by atoms with van der Waals surface area (Å²) in [7, 11) is 1.62. The van der Waals surface area contributed by atoms with E-state index < -0.39 is 0 Å². The number of aromatic nitrogens is 2. The van der Waals surface area contributed by atoms with E-state index in [-0.39, 0.29) is 11.9 Å². The van der Waals surface area contributed by atoms with Gasteiger partial charge in [-0.2, -0.15) is 0 Å². The third-order valence-electron chi connectivity index (χ3n) is 3.16. The van der Waals surface area contributed by atoms with Gasteiger partial charge in [0.2, 0.25) is 0 Å². The number of benzene rings is 1. The molecular weight excluding hydrogens is 286 g/mol. The number of rotatable bonds is 6. The maximum Gasteiger partial charge on any atom is 0.265 e. The fourth-order valence-corrected chi connectivity index (χ4v) is 2.66. The standard InChI is InChI=1S/C15H19N3O2S/c1-4-5-10(2)16-15(19)14-13(17-18-21-14)11-6-8-12(20-3)9-7-11/h6-10H,4-5H2,1-3H3,(H,16,19). The molecule has 0 aliphatic carbocycles. The molecule has 1 amide bonds. The highest BCUT2D eigenvalue weighted by molar-refractivity contribution is 7.08. The molecule has 6 heteroatoms. The lowest BCUT2D eigenvalue weighted by Crippen LogP contribution is -2.32. The van der Waals surface area contributed by atoms with Crippen LogP contribution in [-0.2, 0) is 0 Å². The Morgan fingerprint density at radius 3 is 2.71 bits per heavy atom. The maximum atomic E-state index is 12.3. The van der Waals surface area contributed by atoms with Crippen molar-refractivity contribution in [1.82, 2.24) is 14.9 Å². The number of hydrogen-bond acceptors (Lipinski definition) is 5. The minimum atomic E-state index is -0.114. The van der Waals surface area contributed by atoms with Crippen LogP contribution < -0.4 is 10.1 Å². The van der Waals surface area contributed by atoms with Gasteiger partial charge in [-0.3, -0.25) is 4.79 Å². The van der Waals surface area contributed by atoms with Crippen LogP contribution in [0.1, 0.15) is 36.4 Å². The number of nitrogens with zero attached hydrogens (tertiary/aromatic N) is 2. The molecule has 1 aromatic carbocycles. The minimum absolute atomic E-state index is 0.114. The molecule has 112 valence electrons. The average molecular weight is 305 g/mol. The van der Waals surface area contributed by atoms with Gasteiger partial charge in [0, 0.05) is 11.6 Å². The van der Waals surface area contributed by atoms with Crippen LogP contribution in [0.4, 0.5) is 0 Å². The zero-order valence-electron chi connectivity index (χ0n) is 12.4. The molecule has 2 aromatic rings. The second-order valence-electron chi connectivity index (χ2n) is 4.84. The summed E-state index contributed by atoms with van der Waals surface area (Å²) in [5.74, 6) is 0.654. The molecule has 1 atom stereocenters. The second-order valence-corrected chi connectivity index (χ2v) is 5.60. The summed E-state index contributed by atoms with van der Waals surface area (Å²) >= 11 is 1.12. The number of nitrogens with one attached hydrogen (secondary N) is 1. The summed E-state index contributed by atoms with van der Waals surface area (Å²) in [6, 6.07) is 7.59. The SMILES string of the molecule is CCCC(C)NC(=O)c1snnc1-c1ccc(OC)cc1. The molecule has 1 N–H and O–H groups in total. The Bertz CT molecular complexity index is 595. The molecule has 0 aliphatic rings. The number of ether oxygens (including phenoxy) is 1. The van der Waals surface area contributed by atoms with Gasteiger partial charge in [0.15, 0.2) is 0 Å². The van der Waals surface area contributed by atoms with Crippen molar-refractivity contribution in [2.45, 2.75) is 32.7 Å². The number of methoxy groups -OCH3 is 1. The Morgan fingerprint density at radius 2 is 2.10 bits per heavy atom. The Labute approximate surface area is 128 Å². The maximum absolute atomic E-state index is 12.3. The molecule has 1 unspecified atom stereocenters. The van der Waals surface area contributed by atoms with Crippen LogP contribution in [0.5, 0.6) is 5.75 Å². The highest BCUT2D eigenvalue weighted by atomic mass is 32.1. The van der Waals surface area contributed by atoms with E-state index in [1.165, 1.54) is 0 Å². The first kappa shape index (κ1) is 15.4. The van der Waals surface area contributed by atoms with Crippen LogP contribution in [-0.4, -0.2) is 28.6 Å². The van der Waals surface area contributed by atoms with Crippen molar-refractivity contribution in [2.24, 2.45) is 0 Å². The molecule has 2 rings (SSSR count). The Kier molecular flexibility index (Phi) is 5.27. The normalized spacial score (nSPS) is 12.0. The van der Waals surface area contributed by atoms with Gasteiger partial charge in [0.25, 0.3) is 5.91 Å². The van der Waals surface area contributed by atoms with Crippen molar-refractivity contribution in [1.29, 1.82) is 0 Å². The van der Waals surface area contributed by atoms with E-state index in [0.29, 0.717) is 10.6 Å². The van der Waals surface area contributed by atoms with E-state index in [9.17, 15) is 4.79 Å². The predicted molar refractivity (Wildman–Crippen MR) is 83.7 cm³/mol. The fraction of sp³-hybridized carbons (Fsp3) is 0.400. The quantitative estimate of drug-likeness (QED) is 0.890. The summed E-state index contributed by atoms with van der Waals surface area (Å²) in [4.78, 5) is 12.8. The summed E-state index contributed by atoms with van der Waals surface area (Å²) in [6.45, 7) is 4.10. The molecule has 0 aliphatic heterocycles. The molecule has 0 spiro atoms. The Hall–Kier alpha value is -1.95. The lowest BCUT2D eigenvalue weighted by atomic mass is 10.1. The third kappa shape index (κ3) is 3.78. The molecule has 1 heterocycles. The first-order valence-electron chi connectivity index (χ1n) is 6.93. The monoisotopic (exact) mass is 305 g/mol. The molecule has 5 nitrogen and oxygen atoms in total. The Balaban J connectivity index is 2.19. The number of carbonyl (C=O) groups is 1. The van der Waals surface area contributed by atoms with Gasteiger partial charge in [-0.05, 0) is 49.1 Å². The van der Waals surface area contributed by atoms with E-state index in [2.05, 4.69) is 21.8 Å². The molecular formula is C15H19N3O2S. The first-order chi connectivity index (χ1) is 10.2. The van der Waals surface area contributed by atoms with Crippen molar-refractivity contribution in [3.8, 4) is 17.0 Å². The van der Waals surface area contributed by atoms with Crippen LogP contribution >= 0.6 is 11.5 Å². The van der Waals surface area contributed by atoms with Gasteiger partial charge in [0.05, 0.1) is 7.11 Å². The highest BCUT2D eigenvalue weighted by Gasteiger charge is 2.19. The number of hydrogen-bond donors (Lipinski definition) is 1. The Morgan fingerprint density at radius 1 is 1.38 bits per heavy atom. The molecule has 21 heavy (non-hydrogen) atoms. The van der Waals surface area contributed by atoms with Crippen LogP contribution in [0.3, 0.4) is 0 Å². The van der Waals surface area contributed by atoms with Gasteiger partial charge >= 0.3 is 0 Å². The van der Waals surface area contributed by atoms with E-state index >= 15 is 0 Å². The summed E-state index contributed by atoms with van der Waals surface area (Å²) < 4.78 is 9.05. The van der Waals surface area contributed by atoms with Crippen LogP contribution in [0, 0.1) is 0 Å². The molecule has 0 fully saturated rings. The van der Waals surface area contributed by atoms with E-state index in [4.69, 9.17) is 4.74 Å². The zero-order valence-corrected chi connectivity index (χ0v) is 13.2. The number of amides is 1. The summed E-state index contributed by atoms with van der Waals surface area (Å²) in [6.07, 6.45) is 1.99. The van der Waals surface area contributed by atoms with Gasteiger partial charge in [-0.25, -0.2) is 0 Å². The fourth-order valence-electron chi connectivity index (χ4n) is 2.07. The largest absolute Gasteiger partial charge is 0.497 e. The molecule has 0 saturated carbocycles. The van der Waals surface area contributed by atoms with Gasteiger partial charge in [-0.15, -0.1) is 5.10 Å². The molecule has 1 aromatic heterocycles. The topological polar surface area (TPSA) is 64.1 Å². The van der Waals surface area contributed by atoms with E-state index in [0.717, 1.165) is 35.7 Å². The molecule has 0 bridgehead atoms. The van der Waals surface area contributed by atoms with Gasteiger partial charge in [0.1, 0.15) is 16.3 Å². The highest BCUT2D eigenvalue weighted by Crippen LogP contribution is 2.25. The van der Waals surface area contributed by atoms with Crippen molar-refractivity contribution in [3.05, 3.63) is 29.1 Å². The number of carbonyl (C=O) groups excluding carboxylic acids is 1. The minimum Gasteiger partial charge on any atom is -0.497 e. The third-order valence-corrected chi connectivity index (χ3v) is 3.88. The first-order valence-corrected chi connectivity index (χ1v) is 7.70. The van der Waals surface area contributed by atoms with Crippen LogP contribution in [0.25, 0.3) is 11.3 Å². The van der Waals surface area contributed by atoms with Crippen LogP contribution in [0.15, 0.2) is 24.3 Å². The van der Waals surface area contributed by atoms with Gasteiger partial charge in [-0.1, -0.05) is 17.8 Å². The molecule has 0 saturated heterocycles. The van der Waals surface area contributed by atoms with E-state index in [1.807, 2.05) is 31.2 Å². The van der Waals surface area contributed by atoms with Crippen molar-refractivity contribution in [3.63, 3.8) is 0 Å². The summed E-state index contributed by atoms with van der Waals surface area (Å²) in [5, 5.41) is 7.07. The van der Waals surface area contributed by atoms with E-state index in [1.54, 1.807) is 7.11 Å². The zero-order chi connectivity index (χ0) is 15.2. The van der Waals surface area contributed by atoms with Crippen molar-refractivity contribution in [2.75, 3.05) is 7.11 Å². The second kappa shape index (κ2) is 7.17. The average Bonchev–Trinajstić information content (AvgIpc) is 2.97. The lowest BCUT2D eigenvalue weighted by molar-refractivity contribution is 0.0943.